The largest absolute Gasteiger partial charge is 0.270 e. The van der Waals surface area contributed by atoms with Crippen molar-refractivity contribution in [1.29, 1.82) is 0 Å². The highest BCUT2D eigenvalue weighted by Crippen LogP contribution is 2.27. The predicted molar refractivity (Wildman–Crippen MR) is 83.5 cm³/mol. The molecule has 0 spiro atoms. The van der Waals surface area contributed by atoms with Gasteiger partial charge in [-0.2, -0.15) is 4.39 Å². The zero-order valence-corrected chi connectivity index (χ0v) is 13.0. The van der Waals surface area contributed by atoms with E-state index in [9.17, 15) is 17.2 Å². The van der Waals surface area contributed by atoms with Gasteiger partial charge in [-0.1, -0.05) is 17.7 Å². The maximum atomic E-state index is 14.1. The van der Waals surface area contributed by atoms with Crippen LogP contribution in [0, 0.1) is 18.7 Å². The highest BCUT2D eigenvalue weighted by Gasteiger charge is 2.24. The molecule has 0 amide bonds. The number of benzene rings is 2. The fourth-order valence-electron chi connectivity index (χ4n) is 2.29. The van der Waals surface area contributed by atoms with Crippen LogP contribution in [0.4, 0.5) is 8.78 Å². The van der Waals surface area contributed by atoms with Gasteiger partial charge >= 0.3 is 0 Å². The molecule has 0 unspecified atom stereocenters. The van der Waals surface area contributed by atoms with Gasteiger partial charge in [0.1, 0.15) is 5.82 Å². The van der Waals surface area contributed by atoms with Gasteiger partial charge in [0.2, 0.25) is 5.95 Å². The first-order chi connectivity index (χ1) is 10.9. The number of rotatable bonds is 3. The van der Waals surface area contributed by atoms with Crippen LogP contribution in [0.5, 0.6) is 0 Å². The van der Waals surface area contributed by atoms with Crippen molar-refractivity contribution in [3.05, 3.63) is 78.0 Å². The number of aromatic nitrogens is 1. The van der Waals surface area contributed by atoms with Crippen LogP contribution in [0.25, 0.3) is 11.3 Å². The Bertz CT molecular complexity index is 943. The molecule has 0 radical (unpaired) electrons. The summed E-state index contributed by atoms with van der Waals surface area (Å²) in [7, 11) is -4.08. The lowest BCUT2D eigenvalue weighted by Gasteiger charge is -2.11. The lowest BCUT2D eigenvalue weighted by Crippen LogP contribution is -2.16. The van der Waals surface area contributed by atoms with E-state index in [4.69, 9.17) is 0 Å². The third-order valence-corrected chi connectivity index (χ3v) is 5.21. The van der Waals surface area contributed by atoms with Crippen molar-refractivity contribution >= 4 is 10.0 Å². The normalized spacial score (nSPS) is 11.6. The Labute approximate surface area is 132 Å². The molecule has 2 aromatic carbocycles. The van der Waals surface area contributed by atoms with E-state index in [1.807, 2.05) is 6.92 Å². The van der Waals surface area contributed by atoms with Gasteiger partial charge in [-0.3, -0.25) is 0 Å². The zero-order valence-electron chi connectivity index (χ0n) is 12.2. The second-order valence-corrected chi connectivity index (χ2v) is 6.92. The van der Waals surface area contributed by atoms with Crippen LogP contribution in [0.3, 0.4) is 0 Å². The van der Waals surface area contributed by atoms with Gasteiger partial charge in [-0.15, -0.1) is 0 Å². The van der Waals surface area contributed by atoms with E-state index >= 15 is 0 Å². The van der Waals surface area contributed by atoms with Gasteiger partial charge in [0.25, 0.3) is 10.0 Å². The van der Waals surface area contributed by atoms with Crippen molar-refractivity contribution in [1.82, 2.24) is 3.97 Å². The standard InChI is InChI=1S/C17H13F2NO2S/c1-12-2-8-15(9-3-12)23(21,22)20-16(10-11-17(20)19)13-4-6-14(18)7-5-13/h2-11H,1H3. The summed E-state index contributed by atoms with van der Waals surface area (Å²) in [6.45, 7) is 1.83. The van der Waals surface area contributed by atoms with Crippen molar-refractivity contribution in [3.8, 4) is 11.3 Å². The van der Waals surface area contributed by atoms with E-state index in [1.165, 1.54) is 42.5 Å². The highest BCUT2D eigenvalue weighted by molar-refractivity contribution is 7.90. The molecule has 3 rings (SSSR count). The van der Waals surface area contributed by atoms with Gasteiger partial charge < -0.3 is 0 Å². The summed E-state index contributed by atoms with van der Waals surface area (Å²) >= 11 is 0. The van der Waals surface area contributed by atoms with Crippen LogP contribution in [0.15, 0.2) is 65.6 Å². The molecular formula is C17H13F2NO2S. The molecule has 6 heteroatoms. The second kappa shape index (κ2) is 5.62. The highest BCUT2D eigenvalue weighted by atomic mass is 32.2. The summed E-state index contributed by atoms with van der Waals surface area (Å²) < 4.78 is 53.3. The first-order valence-corrected chi connectivity index (χ1v) is 8.29. The van der Waals surface area contributed by atoms with Gasteiger partial charge in [-0.25, -0.2) is 16.8 Å². The number of hydrogen-bond donors (Lipinski definition) is 0. The first-order valence-electron chi connectivity index (χ1n) is 6.85. The molecule has 0 saturated carbocycles. The quantitative estimate of drug-likeness (QED) is 0.727. The average molecular weight is 333 g/mol. The van der Waals surface area contributed by atoms with Crippen LogP contribution in [-0.4, -0.2) is 12.4 Å². The van der Waals surface area contributed by atoms with Crippen LogP contribution in [0.2, 0.25) is 0 Å². The Hall–Kier alpha value is -2.47. The summed E-state index contributed by atoms with van der Waals surface area (Å²) in [6.07, 6.45) is 0. The zero-order chi connectivity index (χ0) is 16.6. The molecule has 0 fully saturated rings. The molecule has 3 aromatic rings. The molecule has 0 aliphatic rings. The van der Waals surface area contributed by atoms with Gasteiger partial charge in [0.05, 0.1) is 10.6 Å². The average Bonchev–Trinajstić information content (AvgIpc) is 2.91. The molecule has 3 nitrogen and oxygen atoms in total. The summed E-state index contributed by atoms with van der Waals surface area (Å²) in [5.74, 6) is -1.35. The Kier molecular flexibility index (Phi) is 3.77. The van der Waals surface area contributed by atoms with Crippen molar-refractivity contribution in [2.24, 2.45) is 0 Å². The minimum Gasteiger partial charge on any atom is -0.208 e. The third kappa shape index (κ3) is 2.77. The summed E-state index contributed by atoms with van der Waals surface area (Å²) in [6, 6.07) is 13.8. The van der Waals surface area contributed by atoms with Gasteiger partial charge in [-0.05, 0) is 61.0 Å². The molecule has 23 heavy (non-hydrogen) atoms. The topological polar surface area (TPSA) is 39.1 Å². The fourth-order valence-corrected chi connectivity index (χ4v) is 3.70. The van der Waals surface area contributed by atoms with Gasteiger partial charge in [0, 0.05) is 0 Å². The van der Waals surface area contributed by atoms with E-state index in [1.54, 1.807) is 12.1 Å². The Morgan fingerprint density at radius 3 is 2.04 bits per heavy atom. The van der Waals surface area contributed by atoms with E-state index in [-0.39, 0.29) is 10.6 Å². The Balaban J connectivity index is 2.18. The number of hydrogen-bond acceptors (Lipinski definition) is 2. The van der Waals surface area contributed by atoms with Crippen LogP contribution in [0.1, 0.15) is 5.56 Å². The van der Waals surface area contributed by atoms with E-state index in [0.717, 1.165) is 11.6 Å². The Morgan fingerprint density at radius 1 is 0.826 bits per heavy atom. The SMILES string of the molecule is Cc1ccc(S(=O)(=O)n2c(F)ccc2-c2ccc(F)cc2)cc1. The smallest absolute Gasteiger partial charge is 0.208 e. The Morgan fingerprint density at radius 2 is 1.43 bits per heavy atom. The second-order valence-electron chi connectivity index (χ2n) is 5.13. The maximum Gasteiger partial charge on any atom is 0.270 e. The molecule has 0 aliphatic heterocycles. The minimum atomic E-state index is -4.08. The summed E-state index contributed by atoms with van der Waals surface area (Å²) in [5, 5.41) is 0. The van der Waals surface area contributed by atoms with Crippen LogP contribution >= 0.6 is 0 Å². The predicted octanol–water partition coefficient (Wildman–Crippen LogP) is 3.98. The third-order valence-electron chi connectivity index (χ3n) is 3.49. The molecular weight excluding hydrogens is 320 g/mol. The van der Waals surface area contributed by atoms with E-state index < -0.39 is 21.8 Å². The monoisotopic (exact) mass is 333 g/mol. The molecule has 1 aromatic heterocycles. The number of halogens is 2. The van der Waals surface area contributed by atoms with Crippen molar-refractivity contribution < 1.29 is 17.2 Å². The molecule has 1 heterocycles. The molecule has 0 bridgehead atoms. The molecule has 0 saturated heterocycles. The number of nitrogens with zero attached hydrogens (tertiary/aromatic N) is 1. The number of aryl methyl sites for hydroxylation is 1. The molecule has 0 aliphatic carbocycles. The van der Waals surface area contributed by atoms with E-state index in [0.29, 0.717) is 9.54 Å². The van der Waals surface area contributed by atoms with E-state index in [2.05, 4.69) is 0 Å². The van der Waals surface area contributed by atoms with Gasteiger partial charge in [0.15, 0.2) is 0 Å². The fraction of sp³-hybridized carbons (Fsp3) is 0.0588. The van der Waals surface area contributed by atoms with Crippen LogP contribution < -0.4 is 0 Å². The lowest BCUT2D eigenvalue weighted by atomic mass is 10.1. The molecule has 0 N–H and O–H groups in total. The summed E-state index contributed by atoms with van der Waals surface area (Å²) in [5.41, 5.74) is 1.45. The van der Waals surface area contributed by atoms with Crippen LogP contribution in [-0.2, 0) is 10.0 Å². The van der Waals surface area contributed by atoms with Crippen molar-refractivity contribution in [3.63, 3.8) is 0 Å². The minimum absolute atomic E-state index is 0.0124. The first kappa shape index (κ1) is 15.4. The van der Waals surface area contributed by atoms with Crippen molar-refractivity contribution in [2.75, 3.05) is 0 Å². The van der Waals surface area contributed by atoms with Crippen molar-refractivity contribution in [2.45, 2.75) is 11.8 Å². The molecule has 0 atom stereocenters. The maximum absolute atomic E-state index is 14.1. The summed E-state index contributed by atoms with van der Waals surface area (Å²) in [4.78, 5) is -0.0124. The molecule has 118 valence electrons. The lowest BCUT2D eigenvalue weighted by molar-refractivity contribution is 0.543.